The molecule has 2 heterocycles. The zero-order valence-corrected chi connectivity index (χ0v) is 17.3. The summed E-state index contributed by atoms with van der Waals surface area (Å²) in [7, 11) is 0. The van der Waals surface area contributed by atoms with Gasteiger partial charge in [0.15, 0.2) is 6.29 Å². The molecule has 3 N–H and O–H groups in total. The fourth-order valence-corrected chi connectivity index (χ4v) is 2.58. The van der Waals surface area contributed by atoms with Crippen LogP contribution in [0.4, 0.5) is 19.0 Å². The fourth-order valence-electron chi connectivity index (χ4n) is 2.35. The van der Waals surface area contributed by atoms with Crippen molar-refractivity contribution in [3.63, 3.8) is 0 Å². The smallest absolute Gasteiger partial charge is 0.351 e. The number of alkyl halides is 3. The highest BCUT2D eigenvalue weighted by Crippen LogP contribution is 2.27. The zero-order chi connectivity index (χ0) is 22.5. The zero-order valence-electron chi connectivity index (χ0n) is 16.5. The molecule has 0 bridgehead atoms. The Hall–Kier alpha value is -2.66. The van der Waals surface area contributed by atoms with E-state index >= 15 is 0 Å². The van der Waals surface area contributed by atoms with Gasteiger partial charge in [-0.05, 0) is 19.1 Å². The maximum atomic E-state index is 12.6. The summed E-state index contributed by atoms with van der Waals surface area (Å²) in [6.45, 7) is 5.55. The van der Waals surface area contributed by atoms with E-state index in [1.807, 2.05) is 0 Å². The van der Waals surface area contributed by atoms with E-state index < -0.39 is 23.9 Å². The van der Waals surface area contributed by atoms with Crippen LogP contribution in [0, 0.1) is 12.8 Å². The summed E-state index contributed by atoms with van der Waals surface area (Å²) in [6, 6.07) is 3.04. The van der Waals surface area contributed by atoms with Crippen LogP contribution in [0.5, 0.6) is 0 Å². The van der Waals surface area contributed by atoms with E-state index in [9.17, 15) is 22.8 Å². The Labute approximate surface area is 176 Å². The van der Waals surface area contributed by atoms with Gasteiger partial charge in [0.2, 0.25) is 5.91 Å². The Morgan fingerprint density at radius 3 is 2.57 bits per heavy atom. The third-order valence-corrected chi connectivity index (χ3v) is 4.19. The number of aliphatic imine (C=N–C) groups is 1. The molecule has 0 saturated carbocycles. The monoisotopic (exact) mass is 446 g/mol. The Morgan fingerprint density at radius 2 is 1.97 bits per heavy atom. The van der Waals surface area contributed by atoms with Crippen LogP contribution in [0.25, 0.3) is 0 Å². The molecule has 1 aliphatic rings. The lowest BCUT2D eigenvalue weighted by Crippen LogP contribution is -2.43. The van der Waals surface area contributed by atoms with Crippen molar-refractivity contribution in [1.29, 1.82) is 0 Å². The number of nitrogens with one attached hydrogen (secondary N) is 3. The number of nitrogens with zero attached hydrogens (tertiary/aromatic N) is 3. The molecule has 2 amide bonds. The first-order valence-corrected chi connectivity index (χ1v) is 9.38. The largest absolute Gasteiger partial charge is 0.419 e. The van der Waals surface area contributed by atoms with Gasteiger partial charge in [-0.3, -0.25) is 24.3 Å². The molecule has 0 aliphatic carbocycles. The molecular formula is C18H22ClF3N6O2. The van der Waals surface area contributed by atoms with E-state index in [2.05, 4.69) is 25.9 Å². The van der Waals surface area contributed by atoms with Crippen LogP contribution >= 0.6 is 11.8 Å². The number of pyridine rings is 1. The van der Waals surface area contributed by atoms with Crippen LogP contribution < -0.4 is 16.0 Å². The molecule has 0 aromatic carbocycles. The molecule has 1 aromatic rings. The predicted octanol–water partition coefficient (Wildman–Crippen LogP) is 2.57. The van der Waals surface area contributed by atoms with E-state index in [0.717, 1.165) is 10.6 Å². The van der Waals surface area contributed by atoms with Gasteiger partial charge >= 0.3 is 6.18 Å². The van der Waals surface area contributed by atoms with Crippen molar-refractivity contribution in [2.75, 3.05) is 18.4 Å². The predicted molar refractivity (Wildman–Crippen MR) is 107 cm³/mol. The van der Waals surface area contributed by atoms with Gasteiger partial charge in [0, 0.05) is 54.5 Å². The Bertz CT molecular complexity index is 857. The molecule has 30 heavy (non-hydrogen) atoms. The molecule has 2 rings (SSSR count). The molecule has 1 aliphatic heterocycles. The lowest BCUT2D eigenvalue weighted by Gasteiger charge is -2.26. The molecule has 0 saturated heterocycles. The van der Waals surface area contributed by atoms with Gasteiger partial charge in [0.25, 0.3) is 5.91 Å². The SMILES string of the molecule is Cc1cc(C(=O)NCCNC2N=CC(C(F)(F)F)=CN2Cl)cc(NC(=O)C(C)C)n1. The van der Waals surface area contributed by atoms with Crippen LogP contribution in [0.3, 0.4) is 0 Å². The number of allylic oxidation sites excluding steroid dienone is 1. The normalized spacial score (nSPS) is 16.5. The van der Waals surface area contributed by atoms with Gasteiger partial charge in [-0.15, -0.1) is 0 Å². The summed E-state index contributed by atoms with van der Waals surface area (Å²) in [5, 5.41) is 8.12. The summed E-state index contributed by atoms with van der Waals surface area (Å²) in [6.07, 6.45) is -4.00. The number of rotatable bonds is 7. The third-order valence-electron chi connectivity index (χ3n) is 3.91. The molecule has 0 fully saturated rings. The average molecular weight is 447 g/mol. The van der Waals surface area contributed by atoms with Crippen molar-refractivity contribution in [2.45, 2.75) is 33.2 Å². The topological polar surface area (TPSA) is 98.7 Å². The number of carbonyl (C=O) groups is 2. The number of hydrogen-bond acceptors (Lipinski definition) is 6. The minimum atomic E-state index is -4.54. The first-order valence-electron chi connectivity index (χ1n) is 9.05. The summed E-state index contributed by atoms with van der Waals surface area (Å²) in [5.74, 6) is -0.568. The Kier molecular flexibility index (Phi) is 7.79. The molecule has 1 atom stereocenters. The van der Waals surface area contributed by atoms with Crippen LogP contribution in [0.15, 0.2) is 28.9 Å². The van der Waals surface area contributed by atoms with Gasteiger partial charge in [0.1, 0.15) is 5.82 Å². The maximum Gasteiger partial charge on any atom is 0.419 e. The van der Waals surface area contributed by atoms with E-state index in [4.69, 9.17) is 11.8 Å². The number of anilines is 1. The Morgan fingerprint density at radius 1 is 1.27 bits per heavy atom. The molecule has 1 aromatic heterocycles. The average Bonchev–Trinajstić information content (AvgIpc) is 2.64. The van der Waals surface area contributed by atoms with E-state index in [0.29, 0.717) is 17.5 Å². The van der Waals surface area contributed by atoms with Crippen LogP contribution in [0.1, 0.15) is 29.9 Å². The van der Waals surface area contributed by atoms with E-state index in [1.165, 1.54) is 6.07 Å². The molecule has 0 spiro atoms. The lowest BCUT2D eigenvalue weighted by atomic mass is 10.2. The van der Waals surface area contributed by atoms with Crippen molar-refractivity contribution in [1.82, 2.24) is 20.0 Å². The molecular weight excluding hydrogens is 425 g/mol. The second-order valence-electron chi connectivity index (χ2n) is 6.81. The highest BCUT2D eigenvalue weighted by atomic mass is 35.5. The van der Waals surface area contributed by atoms with Crippen molar-refractivity contribution < 1.29 is 22.8 Å². The van der Waals surface area contributed by atoms with E-state index in [-0.39, 0.29) is 30.7 Å². The minimum Gasteiger partial charge on any atom is -0.351 e. The first-order chi connectivity index (χ1) is 14.0. The van der Waals surface area contributed by atoms with Crippen LogP contribution in [-0.4, -0.2) is 53.0 Å². The maximum absolute atomic E-state index is 12.6. The lowest BCUT2D eigenvalue weighted by molar-refractivity contribution is -0.118. The van der Waals surface area contributed by atoms with Gasteiger partial charge in [0.05, 0.1) is 5.57 Å². The number of aromatic nitrogens is 1. The van der Waals surface area contributed by atoms with Crippen molar-refractivity contribution in [3.8, 4) is 0 Å². The molecule has 0 radical (unpaired) electrons. The highest BCUT2D eigenvalue weighted by molar-refractivity contribution is 6.14. The van der Waals surface area contributed by atoms with Gasteiger partial charge in [-0.25, -0.2) is 4.98 Å². The van der Waals surface area contributed by atoms with Crippen LogP contribution in [0.2, 0.25) is 0 Å². The summed E-state index contributed by atoms with van der Waals surface area (Å²) in [5.41, 5.74) is -0.0901. The molecule has 8 nitrogen and oxygen atoms in total. The third kappa shape index (κ3) is 6.70. The number of aryl methyl sites for hydroxylation is 1. The number of hydrogen-bond donors (Lipinski definition) is 3. The highest BCUT2D eigenvalue weighted by Gasteiger charge is 2.35. The summed E-state index contributed by atoms with van der Waals surface area (Å²) < 4.78 is 38.7. The van der Waals surface area contributed by atoms with Crippen LogP contribution in [-0.2, 0) is 4.79 Å². The van der Waals surface area contributed by atoms with Gasteiger partial charge in [-0.2, -0.15) is 13.2 Å². The minimum absolute atomic E-state index is 0.167. The van der Waals surface area contributed by atoms with Crippen molar-refractivity contribution in [3.05, 3.63) is 35.2 Å². The number of amides is 2. The first kappa shape index (κ1) is 23.6. The molecule has 12 heteroatoms. The molecule has 1 unspecified atom stereocenters. The number of carbonyl (C=O) groups excluding carboxylic acids is 2. The van der Waals surface area contributed by atoms with Crippen molar-refractivity contribution in [2.24, 2.45) is 10.9 Å². The standard InChI is InChI=1S/C18H22ClF3N6O2/c1-10(2)15(29)27-14-7-12(6-11(3)26-14)16(30)23-4-5-24-17-25-8-13(9-28(17)19)18(20,21)22/h6-10,17,24H,4-5H2,1-3H3,(H,23,30)(H,26,27,29). The second kappa shape index (κ2) is 9.90. The Balaban J connectivity index is 1.86. The summed E-state index contributed by atoms with van der Waals surface area (Å²) >= 11 is 5.77. The van der Waals surface area contributed by atoms with Gasteiger partial charge < -0.3 is 10.6 Å². The fraction of sp³-hybridized carbons (Fsp3) is 0.444. The van der Waals surface area contributed by atoms with E-state index in [1.54, 1.807) is 26.8 Å². The van der Waals surface area contributed by atoms with Gasteiger partial charge in [-0.1, -0.05) is 13.8 Å². The quantitative estimate of drug-likeness (QED) is 0.441. The number of halogens is 4. The second-order valence-corrected chi connectivity index (χ2v) is 7.21. The molecule has 164 valence electrons. The van der Waals surface area contributed by atoms with Crippen molar-refractivity contribution >= 4 is 35.6 Å². The summed E-state index contributed by atoms with van der Waals surface area (Å²) in [4.78, 5) is 32.1.